The second kappa shape index (κ2) is 11.2. The van der Waals surface area contributed by atoms with Crippen molar-refractivity contribution in [1.29, 1.82) is 0 Å². The number of amides is 1. The standard InChI is InChI=1S/C30H27FN8O3/c1-42-24-8-7-21(31)12-23(24)30(41)34-13-18-2-5-20(6-3-18)27-26-28(32)35-17-36-29(26)39(37-27)22-10-11-38(15-22)25-9-4-19(16-40)14-33-25/h2-9,12,14,16-17,22H,10-11,13,15H2,1H3,(H,34,41)(H2,32,35,36). The molecule has 12 heteroatoms. The summed E-state index contributed by atoms with van der Waals surface area (Å²) in [6.45, 7) is 1.68. The molecule has 1 saturated heterocycles. The van der Waals surface area contributed by atoms with Gasteiger partial charge in [-0.1, -0.05) is 24.3 Å². The van der Waals surface area contributed by atoms with Gasteiger partial charge in [0, 0.05) is 37.0 Å². The number of anilines is 2. The molecule has 1 aliphatic rings. The molecule has 6 rings (SSSR count). The average Bonchev–Trinajstić information content (AvgIpc) is 3.66. The summed E-state index contributed by atoms with van der Waals surface area (Å²) in [5.74, 6) is 0.472. The predicted octanol–water partition coefficient (Wildman–Crippen LogP) is 3.81. The number of nitrogens with one attached hydrogen (secondary N) is 1. The van der Waals surface area contributed by atoms with Crippen LogP contribution in [0.2, 0.25) is 0 Å². The maximum Gasteiger partial charge on any atom is 0.255 e. The van der Waals surface area contributed by atoms with Gasteiger partial charge >= 0.3 is 0 Å². The lowest BCUT2D eigenvalue weighted by atomic mass is 10.1. The van der Waals surface area contributed by atoms with Crippen LogP contribution in [0.15, 0.2) is 67.1 Å². The highest BCUT2D eigenvalue weighted by molar-refractivity contribution is 5.98. The minimum atomic E-state index is -0.518. The Labute approximate surface area is 240 Å². The lowest BCUT2D eigenvalue weighted by Gasteiger charge is -2.17. The van der Waals surface area contributed by atoms with E-state index in [4.69, 9.17) is 15.6 Å². The SMILES string of the molecule is COc1ccc(F)cc1C(=O)NCc1ccc(-c2nn(C3CCN(c4ccc(C=O)cn4)C3)c3ncnc(N)c23)cc1. The fraction of sp³-hybridized carbons (Fsp3) is 0.200. The van der Waals surface area contributed by atoms with Crippen molar-refractivity contribution < 1.29 is 18.7 Å². The van der Waals surface area contributed by atoms with Crippen LogP contribution in [-0.4, -0.2) is 57.1 Å². The van der Waals surface area contributed by atoms with E-state index >= 15 is 0 Å². The van der Waals surface area contributed by atoms with Gasteiger partial charge in [-0.15, -0.1) is 0 Å². The van der Waals surface area contributed by atoms with Crippen molar-refractivity contribution >= 4 is 34.9 Å². The summed E-state index contributed by atoms with van der Waals surface area (Å²) in [5, 5.41) is 8.43. The molecule has 1 unspecified atom stereocenters. The molecular weight excluding hydrogens is 539 g/mol. The van der Waals surface area contributed by atoms with Crippen molar-refractivity contribution in [3.63, 3.8) is 0 Å². The Kier molecular flexibility index (Phi) is 7.17. The monoisotopic (exact) mass is 566 g/mol. The van der Waals surface area contributed by atoms with Crippen LogP contribution < -0.4 is 20.7 Å². The number of carbonyl (C=O) groups excluding carboxylic acids is 2. The summed E-state index contributed by atoms with van der Waals surface area (Å²) in [5.41, 5.74) is 9.95. The molecule has 0 aliphatic carbocycles. The fourth-order valence-corrected chi connectivity index (χ4v) is 5.17. The Bertz CT molecular complexity index is 1770. The first-order valence-electron chi connectivity index (χ1n) is 13.3. The number of hydrogen-bond acceptors (Lipinski definition) is 9. The van der Waals surface area contributed by atoms with E-state index in [9.17, 15) is 14.0 Å². The smallest absolute Gasteiger partial charge is 0.255 e. The van der Waals surface area contributed by atoms with Crippen molar-refractivity contribution in [2.75, 3.05) is 30.8 Å². The first kappa shape index (κ1) is 26.8. The number of nitrogen functional groups attached to an aromatic ring is 1. The molecule has 3 aromatic heterocycles. The molecule has 42 heavy (non-hydrogen) atoms. The number of nitrogens with zero attached hydrogens (tertiary/aromatic N) is 6. The molecule has 1 amide bonds. The van der Waals surface area contributed by atoms with Crippen LogP contribution in [0.3, 0.4) is 0 Å². The molecule has 4 heterocycles. The summed E-state index contributed by atoms with van der Waals surface area (Å²) in [6.07, 6.45) is 4.61. The number of fused-ring (bicyclic) bond motifs is 1. The van der Waals surface area contributed by atoms with Gasteiger partial charge in [-0.25, -0.2) is 24.0 Å². The molecule has 3 N–H and O–H groups in total. The number of hydrogen-bond donors (Lipinski definition) is 2. The van der Waals surface area contributed by atoms with Crippen LogP contribution in [0, 0.1) is 5.82 Å². The minimum absolute atomic E-state index is 0.0254. The summed E-state index contributed by atoms with van der Waals surface area (Å²) < 4.78 is 20.8. The number of carbonyl (C=O) groups is 2. The van der Waals surface area contributed by atoms with E-state index in [-0.39, 0.29) is 18.2 Å². The number of methoxy groups -OCH3 is 1. The molecular formula is C30H27FN8O3. The van der Waals surface area contributed by atoms with Crippen molar-refractivity contribution in [2.45, 2.75) is 19.0 Å². The molecule has 1 aliphatic heterocycles. The highest BCUT2D eigenvalue weighted by Gasteiger charge is 2.29. The van der Waals surface area contributed by atoms with Crippen LogP contribution in [0.25, 0.3) is 22.3 Å². The summed E-state index contributed by atoms with van der Waals surface area (Å²) in [7, 11) is 1.43. The first-order chi connectivity index (χ1) is 20.4. The van der Waals surface area contributed by atoms with Crippen LogP contribution in [-0.2, 0) is 6.54 Å². The molecule has 0 spiro atoms. The second-order valence-corrected chi connectivity index (χ2v) is 9.93. The normalized spacial score (nSPS) is 14.7. The van der Waals surface area contributed by atoms with Crippen LogP contribution in [0.1, 0.15) is 38.7 Å². The number of nitrogens with two attached hydrogens (primary N) is 1. The highest BCUT2D eigenvalue weighted by Crippen LogP contribution is 2.34. The van der Waals surface area contributed by atoms with E-state index in [2.05, 4.69) is 25.2 Å². The summed E-state index contributed by atoms with van der Waals surface area (Å²) in [6, 6.07) is 15.0. The van der Waals surface area contributed by atoms with E-state index < -0.39 is 11.7 Å². The van der Waals surface area contributed by atoms with Gasteiger partial charge in [0.15, 0.2) is 11.9 Å². The van der Waals surface area contributed by atoms with Crippen molar-refractivity contribution in [1.82, 2.24) is 30.0 Å². The van der Waals surface area contributed by atoms with Gasteiger partial charge in [0.1, 0.15) is 35.2 Å². The molecule has 5 aromatic rings. The van der Waals surface area contributed by atoms with Gasteiger partial charge in [-0.05, 0) is 42.3 Å². The number of aldehydes is 1. The van der Waals surface area contributed by atoms with Crippen LogP contribution >= 0.6 is 0 Å². The first-order valence-corrected chi connectivity index (χ1v) is 13.3. The zero-order valence-corrected chi connectivity index (χ0v) is 22.7. The summed E-state index contributed by atoms with van der Waals surface area (Å²) >= 11 is 0. The Balaban J connectivity index is 1.22. The number of aromatic nitrogens is 5. The zero-order chi connectivity index (χ0) is 29.2. The third-order valence-electron chi connectivity index (χ3n) is 7.34. The topological polar surface area (TPSA) is 141 Å². The Morgan fingerprint density at radius 3 is 2.71 bits per heavy atom. The van der Waals surface area contributed by atoms with Crippen molar-refractivity contribution in [2.24, 2.45) is 0 Å². The number of rotatable bonds is 8. The predicted molar refractivity (Wildman–Crippen MR) is 155 cm³/mol. The number of ether oxygens (including phenoxy) is 1. The van der Waals surface area contributed by atoms with Gasteiger partial charge in [-0.2, -0.15) is 5.10 Å². The van der Waals surface area contributed by atoms with Gasteiger partial charge in [0.2, 0.25) is 0 Å². The van der Waals surface area contributed by atoms with E-state index in [1.807, 2.05) is 35.0 Å². The van der Waals surface area contributed by atoms with Gasteiger partial charge < -0.3 is 20.7 Å². The molecule has 0 radical (unpaired) electrons. The van der Waals surface area contributed by atoms with Crippen LogP contribution in [0.5, 0.6) is 5.75 Å². The zero-order valence-electron chi connectivity index (χ0n) is 22.7. The molecule has 212 valence electrons. The molecule has 2 aromatic carbocycles. The molecule has 11 nitrogen and oxygen atoms in total. The van der Waals surface area contributed by atoms with Crippen LogP contribution in [0.4, 0.5) is 16.0 Å². The molecule has 0 bridgehead atoms. The van der Waals surface area contributed by atoms with Gasteiger partial charge in [0.05, 0.1) is 24.1 Å². The van der Waals surface area contributed by atoms with E-state index in [1.165, 1.54) is 25.6 Å². The highest BCUT2D eigenvalue weighted by atomic mass is 19.1. The third-order valence-corrected chi connectivity index (χ3v) is 7.34. The van der Waals surface area contributed by atoms with Gasteiger partial charge in [-0.3, -0.25) is 9.59 Å². The Morgan fingerprint density at radius 1 is 1.14 bits per heavy atom. The molecule has 1 atom stereocenters. The molecule has 1 fully saturated rings. The van der Waals surface area contributed by atoms with Crippen molar-refractivity contribution in [3.8, 4) is 17.0 Å². The second-order valence-electron chi connectivity index (χ2n) is 9.93. The fourth-order valence-electron chi connectivity index (χ4n) is 5.17. The van der Waals surface area contributed by atoms with Gasteiger partial charge in [0.25, 0.3) is 5.91 Å². The summed E-state index contributed by atoms with van der Waals surface area (Å²) in [4.78, 5) is 39.0. The molecule has 0 saturated carbocycles. The maximum absolute atomic E-state index is 13.7. The number of halogens is 1. The average molecular weight is 567 g/mol. The third kappa shape index (κ3) is 5.09. The Hall–Kier alpha value is -5.39. The quantitative estimate of drug-likeness (QED) is 0.268. The minimum Gasteiger partial charge on any atom is -0.496 e. The van der Waals surface area contributed by atoms with E-state index in [1.54, 1.807) is 12.3 Å². The largest absolute Gasteiger partial charge is 0.496 e. The van der Waals surface area contributed by atoms with E-state index in [0.29, 0.717) is 40.4 Å². The van der Waals surface area contributed by atoms with Crippen molar-refractivity contribution in [3.05, 3.63) is 89.6 Å². The maximum atomic E-state index is 13.7. The van der Waals surface area contributed by atoms with E-state index in [0.717, 1.165) is 42.3 Å². The number of pyridine rings is 1. The number of benzene rings is 2. The lowest BCUT2D eigenvalue weighted by molar-refractivity contribution is 0.0947. The Morgan fingerprint density at radius 2 is 1.98 bits per heavy atom. The lowest BCUT2D eigenvalue weighted by Crippen LogP contribution is -2.23.